The average molecular weight is 442 g/mol. The maximum absolute atomic E-state index is 13.8. The zero-order valence-electron chi connectivity index (χ0n) is 16.3. The Bertz CT molecular complexity index is 1250. The first-order chi connectivity index (χ1) is 15.1. The molecule has 150 valence electrons. The van der Waals surface area contributed by atoms with Gasteiger partial charge < -0.3 is 4.90 Å². The molecule has 0 unspecified atom stereocenters. The second kappa shape index (κ2) is 7.39. The molecule has 1 saturated heterocycles. The van der Waals surface area contributed by atoms with E-state index in [9.17, 15) is 15.3 Å². The molecular weight excluding hydrogens is 426 g/mol. The van der Waals surface area contributed by atoms with Crippen LogP contribution in [0.1, 0.15) is 26.7 Å². The summed E-state index contributed by atoms with van der Waals surface area (Å²) in [6.07, 6.45) is 3.83. The van der Waals surface area contributed by atoms with Crippen LogP contribution in [-0.2, 0) is 0 Å². The van der Waals surface area contributed by atoms with Gasteiger partial charge in [0.1, 0.15) is 6.04 Å². The summed E-state index contributed by atoms with van der Waals surface area (Å²) in [6.45, 7) is 0. The number of ketones is 1. The lowest BCUT2D eigenvalue weighted by Gasteiger charge is -2.35. The highest BCUT2D eigenvalue weighted by molar-refractivity contribution is 7.12. The van der Waals surface area contributed by atoms with Gasteiger partial charge in [-0.05, 0) is 40.8 Å². The van der Waals surface area contributed by atoms with Gasteiger partial charge >= 0.3 is 0 Å². The maximum Gasteiger partial charge on any atom is 0.195 e. The highest BCUT2D eigenvalue weighted by atomic mass is 35.5. The summed E-state index contributed by atoms with van der Waals surface area (Å²) < 4.78 is 0. The van der Waals surface area contributed by atoms with Crippen molar-refractivity contribution in [3.63, 3.8) is 0 Å². The molecule has 4 nitrogen and oxygen atoms in total. The fourth-order valence-electron chi connectivity index (χ4n) is 4.84. The van der Waals surface area contributed by atoms with E-state index in [2.05, 4.69) is 12.1 Å². The summed E-state index contributed by atoms with van der Waals surface area (Å²) in [7, 11) is 0. The number of halogens is 1. The number of nitrogens with zero attached hydrogens (tertiary/aromatic N) is 3. The van der Waals surface area contributed by atoms with E-state index in [1.165, 1.54) is 11.3 Å². The quantitative estimate of drug-likeness (QED) is 0.490. The second-order valence-electron chi connectivity index (χ2n) is 7.68. The second-order valence-corrected chi connectivity index (χ2v) is 9.06. The van der Waals surface area contributed by atoms with Crippen LogP contribution in [0.2, 0.25) is 5.02 Å². The lowest BCUT2D eigenvalue weighted by molar-refractivity contribution is 0.0955. The number of thiophene rings is 1. The Morgan fingerprint density at radius 2 is 1.77 bits per heavy atom. The summed E-state index contributed by atoms with van der Waals surface area (Å²) in [5, 5.41) is 23.1. The van der Waals surface area contributed by atoms with Crippen LogP contribution in [0.4, 0.5) is 5.69 Å². The van der Waals surface area contributed by atoms with Gasteiger partial charge in [0.05, 0.1) is 23.1 Å². The number of para-hydroxylation sites is 1. The van der Waals surface area contributed by atoms with Crippen molar-refractivity contribution in [1.29, 1.82) is 10.5 Å². The number of carbonyl (C=O) groups excluding carboxylic acids is 1. The normalized spacial score (nSPS) is 22.8. The van der Waals surface area contributed by atoms with Gasteiger partial charge in [0.15, 0.2) is 11.2 Å². The first-order valence-corrected chi connectivity index (χ1v) is 11.1. The largest absolute Gasteiger partial charge is 0.351 e. The molecule has 3 heterocycles. The number of nitriles is 2. The lowest BCUT2D eigenvalue weighted by atomic mass is 9.69. The molecule has 31 heavy (non-hydrogen) atoms. The van der Waals surface area contributed by atoms with Gasteiger partial charge in [0, 0.05) is 16.6 Å². The molecule has 0 N–H and O–H groups in total. The van der Waals surface area contributed by atoms with E-state index in [0.29, 0.717) is 9.90 Å². The van der Waals surface area contributed by atoms with E-state index in [-0.39, 0.29) is 5.78 Å². The van der Waals surface area contributed by atoms with Crippen LogP contribution in [0.25, 0.3) is 6.08 Å². The van der Waals surface area contributed by atoms with Crippen molar-refractivity contribution >= 4 is 40.5 Å². The SMILES string of the molecule is N#CC1(C#N)[C@@H]2C=Cc3ccccc3N2[C@H](C(=O)c2cccs2)[C@@H]1c1ccc(Cl)cc1. The molecule has 3 atom stereocenters. The van der Waals surface area contributed by atoms with Crippen LogP contribution >= 0.6 is 22.9 Å². The van der Waals surface area contributed by atoms with E-state index in [1.54, 1.807) is 18.2 Å². The van der Waals surface area contributed by atoms with Crippen LogP contribution in [0.5, 0.6) is 0 Å². The molecule has 0 bridgehead atoms. The van der Waals surface area contributed by atoms with Crippen LogP contribution in [0.15, 0.2) is 72.1 Å². The number of fused-ring (bicyclic) bond motifs is 3. The third-order valence-electron chi connectivity index (χ3n) is 6.18. The van der Waals surface area contributed by atoms with Crippen molar-refractivity contribution in [2.24, 2.45) is 5.41 Å². The van der Waals surface area contributed by atoms with Gasteiger partial charge in [0.25, 0.3) is 0 Å². The first-order valence-electron chi connectivity index (χ1n) is 9.82. The summed E-state index contributed by atoms with van der Waals surface area (Å²) in [4.78, 5) is 16.4. The maximum atomic E-state index is 13.8. The molecule has 0 amide bonds. The van der Waals surface area contributed by atoms with Gasteiger partial charge in [-0.1, -0.05) is 60.2 Å². The molecular formula is C25H16ClN3OS. The van der Waals surface area contributed by atoms with Crippen LogP contribution in [0.3, 0.4) is 0 Å². The standard InChI is InChI=1S/C25H16ClN3OS/c26-18-10-7-17(8-11-18)22-23(24(30)20-6-3-13-31-20)29-19-5-2-1-4-16(19)9-12-21(29)25(22,14-27)15-28/h1-13,21-23H/t21-,22-,23-/m0/s1. The minimum atomic E-state index is -1.44. The number of anilines is 1. The highest BCUT2D eigenvalue weighted by Gasteiger charge is 2.63. The molecule has 1 aromatic heterocycles. The fraction of sp³-hybridized carbons (Fsp3) is 0.160. The minimum Gasteiger partial charge on any atom is -0.351 e. The van der Waals surface area contributed by atoms with E-state index in [4.69, 9.17) is 11.6 Å². The predicted octanol–water partition coefficient (Wildman–Crippen LogP) is 5.69. The zero-order chi connectivity index (χ0) is 21.6. The third kappa shape index (κ3) is 2.82. The molecule has 2 aliphatic heterocycles. The van der Waals surface area contributed by atoms with Gasteiger partial charge in [-0.15, -0.1) is 11.3 Å². The Kier molecular flexibility index (Phi) is 4.67. The summed E-state index contributed by atoms with van der Waals surface area (Å²) in [5.74, 6) is -0.729. The molecule has 0 saturated carbocycles. The first kappa shape index (κ1) is 19.6. The molecule has 5 rings (SSSR count). The predicted molar refractivity (Wildman–Crippen MR) is 122 cm³/mol. The Morgan fingerprint density at radius 3 is 2.45 bits per heavy atom. The van der Waals surface area contributed by atoms with Crippen molar-refractivity contribution in [3.05, 3.63) is 93.1 Å². The zero-order valence-corrected chi connectivity index (χ0v) is 17.8. The van der Waals surface area contributed by atoms with Crippen LogP contribution in [-0.4, -0.2) is 17.9 Å². The molecule has 2 aromatic carbocycles. The number of benzene rings is 2. The van der Waals surface area contributed by atoms with E-state index >= 15 is 0 Å². The average Bonchev–Trinajstić information content (AvgIpc) is 3.44. The molecule has 1 fully saturated rings. The Labute approximate surface area is 189 Å². The number of hydrogen-bond acceptors (Lipinski definition) is 5. The van der Waals surface area contributed by atoms with Gasteiger partial charge in [0.2, 0.25) is 0 Å². The van der Waals surface area contributed by atoms with E-state index < -0.39 is 23.4 Å². The van der Waals surface area contributed by atoms with Crippen molar-refractivity contribution < 1.29 is 4.79 Å². The van der Waals surface area contributed by atoms with Gasteiger partial charge in [-0.25, -0.2) is 0 Å². The molecule has 3 aromatic rings. The summed E-state index contributed by atoms with van der Waals surface area (Å²) >= 11 is 7.48. The van der Waals surface area contributed by atoms with Gasteiger partial charge in [-0.3, -0.25) is 4.79 Å². The molecule has 0 aliphatic carbocycles. The molecule has 0 spiro atoms. The smallest absolute Gasteiger partial charge is 0.195 e. The van der Waals surface area contributed by atoms with Crippen molar-refractivity contribution in [2.75, 3.05) is 4.90 Å². The number of Topliss-reactive ketones (excluding diaryl/α,β-unsaturated/α-hetero) is 1. The van der Waals surface area contributed by atoms with E-state index in [0.717, 1.165) is 16.8 Å². The monoisotopic (exact) mass is 441 g/mol. The lowest BCUT2D eigenvalue weighted by Crippen LogP contribution is -2.44. The number of hydrogen-bond donors (Lipinski definition) is 0. The minimum absolute atomic E-state index is 0.0857. The molecule has 6 heteroatoms. The molecule has 0 radical (unpaired) electrons. The van der Waals surface area contributed by atoms with Gasteiger partial charge in [-0.2, -0.15) is 10.5 Å². The highest BCUT2D eigenvalue weighted by Crippen LogP contribution is 2.55. The van der Waals surface area contributed by atoms with Crippen molar-refractivity contribution in [3.8, 4) is 12.1 Å². The van der Waals surface area contributed by atoms with Crippen molar-refractivity contribution in [1.82, 2.24) is 0 Å². The van der Waals surface area contributed by atoms with Crippen LogP contribution < -0.4 is 4.90 Å². The topological polar surface area (TPSA) is 67.9 Å². The summed E-state index contributed by atoms with van der Waals surface area (Å²) in [5.41, 5.74) is 1.14. The molecule has 2 aliphatic rings. The Morgan fingerprint density at radius 1 is 1.03 bits per heavy atom. The number of rotatable bonds is 3. The van der Waals surface area contributed by atoms with E-state index in [1.807, 2.05) is 64.9 Å². The number of carbonyl (C=O) groups is 1. The van der Waals surface area contributed by atoms with Crippen molar-refractivity contribution in [2.45, 2.75) is 18.0 Å². The Hall–Kier alpha value is -3.38. The third-order valence-corrected chi connectivity index (χ3v) is 7.31. The fourth-order valence-corrected chi connectivity index (χ4v) is 5.67. The Balaban J connectivity index is 1.79. The summed E-state index contributed by atoms with van der Waals surface area (Å²) in [6, 6.07) is 21.9. The van der Waals surface area contributed by atoms with Crippen LogP contribution in [0, 0.1) is 28.1 Å².